The third-order valence-corrected chi connectivity index (χ3v) is 2.60. The first-order valence-electron chi connectivity index (χ1n) is 3.99. The van der Waals surface area contributed by atoms with E-state index in [4.69, 9.17) is 11.6 Å². The standard InChI is InChI=1S/C8H14BrClO/c1-2-4-7(9)5-3-6-8(10)11/h7H,2-6H2,1H3. The van der Waals surface area contributed by atoms with Crippen LogP contribution in [0.1, 0.15) is 39.0 Å². The molecule has 0 heterocycles. The van der Waals surface area contributed by atoms with Gasteiger partial charge in [-0.25, -0.2) is 0 Å². The molecule has 0 N–H and O–H groups in total. The third kappa shape index (κ3) is 8.35. The number of alkyl halides is 1. The molecule has 3 heteroatoms. The van der Waals surface area contributed by atoms with Crippen LogP contribution in [-0.2, 0) is 4.79 Å². The Kier molecular flexibility index (Phi) is 7.39. The SMILES string of the molecule is CCCC(Br)CCCC(=O)Cl. The summed E-state index contributed by atoms with van der Waals surface area (Å²) >= 11 is 8.72. The largest absolute Gasteiger partial charge is 0.281 e. The second kappa shape index (κ2) is 7.11. The van der Waals surface area contributed by atoms with Crippen molar-refractivity contribution in [1.29, 1.82) is 0 Å². The first-order chi connectivity index (χ1) is 5.16. The average molecular weight is 242 g/mol. The van der Waals surface area contributed by atoms with Crippen molar-refractivity contribution in [3.05, 3.63) is 0 Å². The summed E-state index contributed by atoms with van der Waals surface area (Å²) in [6.45, 7) is 2.15. The summed E-state index contributed by atoms with van der Waals surface area (Å²) < 4.78 is 0. The summed E-state index contributed by atoms with van der Waals surface area (Å²) in [5.74, 6) is 0. The van der Waals surface area contributed by atoms with Crippen molar-refractivity contribution in [3.63, 3.8) is 0 Å². The molecule has 0 radical (unpaired) electrons. The summed E-state index contributed by atoms with van der Waals surface area (Å²) in [5.41, 5.74) is 0. The van der Waals surface area contributed by atoms with Crippen LogP contribution in [0, 0.1) is 0 Å². The molecule has 0 aromatic rings. The quantitative estimate of drug-likeness (QED) is 0.514. The molecule has 1 atom stereocenters. The maximum atomic E-state index is 10.3. The zero-order valence-electron chi connectivity index (χ0n) is 6.78. The van der Waals surface area contributed by atoms with Gasteiger partial charge in [-0.15, -0.1) is 0 Å². The fourth-order valence-corrected chi connectivity index (χ4v) is 1.84. The Hall–Kier alpha value is 0.440. The highest BCUT2D eigenvalue weighted by molar-refractivity contribution is 9.09. The van der Waals surface area contributed by atoms with E-state index >= 15 is 0 Å². The molecular weight excluding hydrogens is 227 g/mol. The van der Waals surface area contributed by atoms with E-state index < -0.39 is 0 Å². The first kappa shape index (κ1) is 11.4. The van der Waals surface area contributed by atoms with Gasteiger partial charge in [0.2, 0.25) is 5.24 Å². The Morgan fingerprint density at radius 1 is 1.55 bits per heavy atom. The summed E-state index contributed by atoms with van der Waals surface area (Å²) in [7, 11) is 0. The van der Waals surface area contributed by atoms with Crippen LogP contribution in [0.25, 0.3) is 0 Å². The van der Waals surface area contributed by atoms with Crippen molar-refractivity contribution >= 4 is 32.8 Å². The van der Waals surface area contributed by atoms with Gasteiger partial charge in [-0.3, -0.25) is 4.79 Å². The highest BCUT2D eigenvalue weighted by Crippen LogP contribution is 2.15. The van der Waals surface area contributed by atoms with Gasteiger partial charge in [0.1, 0.15) is 0 Å². The molecule has 0 aromatic heterocycles. The molecule has 0 fully saturated rings. The number of halogens is 2. The molecule has 66 valence electrons. The summed E-state index contributed by atoms with van der Waals surface area (Å²) in [6, 6.07) is 0. The zero-order chi connectivity index (χ0) is 8.69. The third-order valence-electron chi connectivity index (χ3n) is 1.49. The van der Waals surface area contributed by atoms with Crippen LogP contribution >= 0.6 is 27.5 Å². The van der Waals surface area contributed by atoms with Crippen molar-refractivity contribution in [2.45, 2.75) is 43.9 Å². The van der Waals surface area contributed by atoms with Crippen LogP contribution in [0.2, 0.25) is 0 Å². The van der Waals surface area contributed by atoms with Crippen LogP contribution in [-0.4, -0.2) is 10.1 Å². The molecule has 0 saturated heterocycles. The van der Waals surface area contributed by atoms with Gasteiger partial charge < -0.3 is 0 Å². The predicted octanol–water partition coefficient (Wildman–Crippen LogP) is 3.49. The Bertz CT molecular complexity index is 117. The van der Waals surface area contributed by atoms with Crippen LogP contribution in [0.3, 0.4) is 0 Å². The molecule has 0 aromatic carbocycles. The lowest BCUT2D eigenvalue weighted by atomic mass is 10.1. The van der Waals surface area contributed by atoms with Gasteiger partial charge in [0.15, 0.2) is 0 Å². The Labute approximate surface area is 81.6 Å². The van der Waals surface area contributed by atoms with Crippen molar-refractivity contribution in [2.75, 3.05) is 0 Å². The van der Waals surface area contributed by atoms with Gasteiger partial charge in [0, 0.05) is 11.2 Å². The van der Waals surface area contributed by atoms with E-state index in [0.29, 0.717) is 11.2 Å². The summed E-state index contributed by atoms with van der Waals surface area (Å²) in [5, 5.41) is -0.221. The molecular formula is C8H14BrClO. The molecule has 0 rings (SSSR count). The number of carbonyl (C=O) groups excluding carboxylic acids is 1. The van der Waals surface area contributed by atoms with Crippen LogP contribution in [0.5, 0.6) is 0 Å². The van der Waals surface area contributed by atoms with Crippen LogP contribution < -0.4 is 0 Å². The number of hydrogen-bond donors (Lipinski definition) is 0. The topological polar surface area (TPSA) is 17.1 Å². The van der Waals surface area contributed by atoms with Gasteiger partial charge in [-0.05, 0) is 30.9 Å². The van der Waals surface area contributed by atoms with Crippen molar-refractivity contribution in [2.24, 2.45) is 0 Å². The minimum atomic E-state index is -0.221. The van der Waals surface area contributed by atoms with E-state index in [1.165, 1.54) is 12.8 Å². The van der Waals surface area contributed by atoms with Gasteiger partial charge in [0.25, 0.3) is 0 Å². The molecule has 0 aliphatic rings. The molecule has 0 spiro atoms. The fraction of sp³-hybridized carbons (Fsp3) is 0.875. The maximum absolute atomic E-state index is 10.3. The number of carbonyl (C=O) groups is 1. The highest BCUT2D eigenvalue weighted by Gasteiger charge is 2.03. The van der Waals surface area contributed by atoms with E-state index in [-0.39, 0.29) is 5.24 Å². The Balaban J connectivity index is 3.16. The maximum Gasteiger partial charge on any atom is 0.221 e. The normalized spacial score (nSPS) is 13.0. The van der Waals surface area contributed by atoms with Crippen molar-refractivity contribution in [1.82, 2.24) is 0 Å². The van der Waals surface area contributed by atoms with Gasteiger partial charge in [-0.2, -0.15) is 0 Å². The molecule has 11 heavy (non-hydrogen) atoms. The molecule has 0 aliphatic carbocycles. The second-order valence-corrected chi connectivity index (χ2v) is 4.35. The molecule has 0 amide bonds. The number of rotatable bonds is 6. The average Bonchev–Trinajstić information content (AvgIpc) is 1.87. The lowest BCUT2D eigenvalue weighted by Crippen LogP contribution is -1.97. The predicted molar refractivity (Wildman–Crippen MR) is 52.3 cm³/mol. The van der Waals surface area contributed by atoms with Gasteiger partial charge in [0.05, 0.1) is 0 Å². The van der Waals surface area contributed by atoms with Gasteiger partial charge in [-0.1, -0.05) is 29.3 Å². The summed E-state index contributed by atoms with van der Waals surface area (Å²) in [4.78, 5) is 10.9. The van der Waals surface area contributed by atoms with E-state index in [0.717, 1.165) is 12.8 Å². The Morgan fingerprint density at radius 3 is 2.64 bits per heavy atom. The molecule has 1 unspecified atom stereocenters. The van der Waals surface area contributed by atoms with Crippen LogP contribution in [0.4, 0.5) is 0 Å². The van der Waals surface area contributed by atoms with E-state index in [1.807, 2.05) is 0 Å². The van der Waals surface area contributed by atoms with Crippen molar-refractivity contribution in [3.8, 4) is 0 Å². The zero-order valence-corrected chi connectivity index (χ0v) is 9.12. The summed E-state index contributed by atoms with van der Waals surface area (Å²) in [6.07, 6.45) is 4.82. The van der Waals surface area contributed by atoms with Crippen LogP contribution in [0.15, 0.2) is 0 Å². The molecule has 0 bridgehead atoms. The lowest BCUT2D eigenvalue weighted by molar-refractivity contribution is -0.111. The molecule has 0 aliphatic heterocycles. The first-order valence-corrected chi connectivity index (χ1v) is 5.28. The Morgan fingerprint density at radius 2 is 2.18 bits per heavy atom. The minimum absolute atomic E-state index is 0.221. The highest BCUT2D eigenvalue weighted by atomic mass is 79.9. The van der Waals surface area contributed by atoms with Crippen molar-refractivity contribution < 1.29 is 4.79 Å². The number of hydrogen-bond acceptors (Lipinski definition) is 1. The smallest absolute Gasteiger partial charge is 0.221 e. The second-order valence-electron chi connectivity index (χ2n) is 2.63. The minimum Gasteiger partial charge on any atom is -0.281 e. The molecule has 0 saturated carbocycles. The fourth-order valence-electron chi connectivity index (χ4n) is 0.920. The van der Waals surface area contributed by atoms with E-state index in [2.05, 4.69) is 22.9 Å². The monoisotopic (exact) mass is 240 g/mol. The molecule has 1 nitrogen and oxygen atoms in total. The van der Waals surface area contributed by atoms with E-state index in [1.54, 1.807) is 0 Å². The van der Waals surface area contributed by atoms with Gasteiger partial charge >= 0.3 is 0 Å². The van der Waals surface area contributed by atoms with E-state index in [9.17, 15) is 4.79 Å². The lowest BCUT2D eigenvalue weighted by Gasteiger charge is -2.05.